The minimum atomic E-state index is -0.452. The standard InChI is InChI=1S/C27H33B3FN5O2/c1-13(2)35-23-18(25(37)21-17-7-6-16(10-32)8-19(17)33-26(21)35)9-20(38-5)24(22(23)31)34-11-14(3)36(15(4)12-34)27(28,29)30/h6-9,13-15,33H,11-12,28-30H2,1-5H3/t14-,15+. The van der Waals surface area contributed by atoms with Crippen molar-refractivity contribution in [2.45, 2.75) is 51.1 Å². The Morgan fingerprint density at radius 1 is 1.16 bits per heavy atom. The van der Waals surface area contributed by atoms with Crippen LogP contribution in [0.5, 0.6) is 5.75 Å². The first-order chi connectivity index (χ1) is 17.9. The number of ether oxygens (including phenoxy) is 1. The molecule has 5 rings (SSSR count). The molecule has 38 heavy (non-hydrogen) atoms. The van der Waals surface area contributed by atoms with Crippen LogP contribution in [0.15, 0.2) is 29.1 Å². The number of nitrogens with one attached hydrogen (secondary N) is 1. The molecule has 2 atom stereocenters. The number of halogens is 1. The van der Waals surface area contributed by atoms with Crippen molar-refractivity contribution in [1.29, 1.82) is 5.26 Å². The summed E-state index contributed by atoms with van der Waals surface area (Å²) in [5.41, 5.74) is 2.12. The molecule has 4 aromatic rings. The molecule has 1 fully saturated rings. The van der Waals surface area contributed by atoms with Gasteiger partial charge in [0.15, 0.2) is 11.2 Å². The van der Waals surface area contributed by atoms with E-state index in [4.69, 9.17) is 4.74 Å². The van der Waals surface area contributed by atoms with Crippen LogP contribution < -0.4 is 15.1 Å². The molecule has 1 saturated heterocycles. The number of anilines is 1. The smallest absolute Gasteiger partial charge is 0.199 e. The average Bonchev–Trinajstić information content (AvgIpc) is 3.21. The first-order valence-electron chi connectivity index (χ1n) is 13.2. The highest BCUT2D eigenvalue weighted by Gasteiger charge is 2.38. The molecule has 0 bridgehead atoms. The van der Waals surface area contributed by atoms with E-state index in [0.29, 0.717) is 52.0 Å². The van der Waals surface area contributed by atoms with Crippen LogP contribution >= 0.6 is 0 Å². The van der Waals surface area contributed by atoms with Gasteiger partial charge < -0.3 is 24.1 Å². The second kappa shape index (κ2) is 9.13. The number of H-pyrrole nitrogens is 1. The lowest BCUT2D eigenvalue weighted by atomic mass is 9.47. The molecule has 0 radical (unpaired) electrons. The lowest BCUT2D eigenvalue weighted by Crippen LogP contribution is -2.66. The van der Waals surface area contributed by atoms with Crippen molar-refractivity contribution in [1.82, 2.24) is 14.5 Å². The fourth-order valence-electron chi connectivity index (χ4n) is 6.72. The molecule has 0 saturated carbocycles. The van der Waals surface area contributed by atoms with Crippen molar-refractivity contribution in [3.63, 3.8) is 0 Å². The molecule has 1 N–H and O–H groups in total. The van der Waals surface area contributed by atoms with E-state index >= 15 is 4.39 Å². The maximum Gasteiger partial charge on any atom is 0.199 e. The van der Waals surface area contributed by atoms with Crippen molar-refractivity contribution >= 4 is 62.1 Å². The Kier molecular flexibility index (Phi) is 6.30. The third kappa shape index (κ3) is 3.89. The van der Waals surface area contributed by atoms with Gasteiger partial charge >= 0.3 is 0 Å². The van der Waals surface area contributed by atoms with E-state index in [0.717, 1.165) is 0 Å². The molecule has 0 unspecified atom stereocenters. The molecule has 0 aliphatic carbocycles. The number of hydrogen-bond donors (Lipinski definition) is 1. The van der Waals surface area contributed by atoms with E-state index in [-0.39, 0.29) is 39.7 Å². The number of nitrogens with zero attached hydrogens (tertiary/aromatic N) is 4. The number of hydrogen-bond acceptors (Lipinski definition) is 5. The predicted molar refractivity (Wildman–Crippen MR) is 161 cm³/mol. The Labute approximate surface area is 224 Å². The van der Waals surface area contributed by atoms with Crippen LogP contribution in [0.2, 0.25) is 0 Å². The van der Waals surface area contributed by atoms with Crippen LogP contribution in [0.25, 0.3) is 32.8 Å². The Hall–Kier alpha value is -3.38. The highest BCUT2D eigenvalue weighted by atomic mass is 19.1. The molecule has 3 heterocycles. The Morgan fingerprint density at radius 3 is 2.37 bits per heavy atom. The summed E-state index contributed by atoms with van der Waals surface area (Å²) in [5.74, 6) is -0.0935. The number of methoxy groups -OCH3 is 1. The second-order valence-electron chi connectivity index (χ2n) is 11.8. The molecule has 194 valence electrons. The van der Waals surface area contributed by atoms with Gasteiger partial charge in [0.1, 0.15) is 40.6 Å². The van der Waals surface area contributed by atoms with E-state index in [1.807, 2.05) is 18.4 Å². The maximum atomic E-state index is 16.8. The van der Waals surface area contributed by atoms with Crippen LogP contribution in [-0.4, -0.2) is 75.5 Å². The third-order valence-electron chi connectivity index (χ3n) is 7.79. The van der Waals surface area contributed by atoms with Gasteiger partial charge in [-0.2, -0.15) is 5.26 Å². The van der Waals surface area contributed by atoms with Crippen molar-refractivity contribution in [2.75, 3.05) is 25.1 Å². The SMILES string of the molecule is BC(B)(B)N1[C@H](C)CN(c2c(OC)cc3c(=O)c4c5ccc(C#N)cc5[nH]c4n(C(C)C)c3c2F)C[C@@H]1C. The van der Waals surface area contributed by atoms with Gasteiger partial charge in [0.25, 0.3) is 0 Å². The second-order valence-corrected chi connectivity index (χ2v) is 11.8. The normalized spacial score (nSPS) is 19.1. The number of aromatic amines is 1. The van der Waals surface area contributed by atoms with E-state index < -0.39 is 5.82 Å². The summed E-state index contributed by atoms with van der Waals surface area (Å²) in [4.78, 5) is 21.8. The maximum absolute atomic E-state index is 16.8. The molecular weight excluding hydrogens is 478 g/mol. The average molecular weight is 511 g/mol. The highest BCUT2D eigenvalue weighted by Crippen LogP contribution is 2.40. The Morgan fingerprint density at radius 2 is 1.82 bits per heavy atom. The first kappa shape index (κ1) is 26.2. The first-order valence-corrected chi connectivity index (χ1v) is 13.2. The number of nitriles is 1. The summed E-state index contributed by atoms with van der Waals surface area (Å²) in [6.45, 7) is 9.58. The van der Waals surface area contributed by atoms with Gasteiger partial charge in [0.05, 0.1) is 35.0 Å². The molecule has 2 aromatic heterocycles. The van der Waals surface area contributed by atoms with Crippen LogP contribution in [0.3, 0.4) is 0 Å². The molecule has 1 aliphatic rings. The zero-order valence-electron chi connectivity index (χ0n) is 23.4. The summed E-state index contributed by atoms with van der Waals surface area (Å²) < 4.78 is 24.4. The Balaban J connectivity index is 1.82. The molecule has 0 spiro atoms. The number of pyridine rings is 1. The minimum Gasteiger partial charge on any atom is -0.494 e. The highest BCUT2D eigenvalue weighted by molar-refractivity contribution is 6.59. The molecule has 11 heteroatoms. The zero-order valence-corrected chi connectivity index (χ0v) is 23.4. The lowest BCUT2D eigenvalue weighted by Gasteiger charge is -2.52. The van der Waals surface area contributed by atoms with E-state index in [1.165, 1.54) is 7.11 Å². The number of benzene rings is 2. The molecule has 0 amide bonds. The number of aromatic nitrogens is 2. The van der Waals surface area contributed by atoms with Crippen molar-refractivity contribution in [3.05, 3.63) is 45.9 Å². The monoisotopic (exact) mass is 511 g/mol. The van der Waals surface area contributed by atoms with Crippen LogP contribution in [0, 0.1) is 17.1 Å². The predicted octanol–water partition coefficient (Wildman–Crippen LogP) is 1.65. The molecular formula is C27H33B3FN5O2. The largest absolute Gasteiger partial charge is 0.494 e. The van der Waals surface area contributed by atoms with E-state index in [9.17, 15) is 10.1 Å². The summed E-state index contributed by atoms with van der Waals surface area (Å²) in [5, 5.41) is 10.8. The van der Waals surface area contributed by atoms with E-state index in [2.05, 4.69) is 58.2 Å². The van der Waals surface area contributed by atoms with Gasteiger partial charge in [0.2, 0.25) is 0 Å². The van der Waals surface area contributed by atoms with E-state index in [1.54, 1.807) is 24.3 Å². The van der Waals surface area contributed by atoms with Gasteiger partial charge in [-0.25, -0.2) is 4.39 Å². The van der Waals surface area contributed by atoms with Crippen molar-refractivity contribution < 1.29 is 9.13 Å². The quantitative estimate of drug-likeness (QED) is 0.422. The van der Waals surface area contributed by atoms with Crippen LogP contribution in [-0.2, 0) is 0 Å². The van der Waals surface area contributed by atoms with Gasteiger partial charge in [-0.15, -0.1) is 0 Å². The summed E-state index contributed by atoms with van der Waals surface area (Å²) >= 11 is 0. The molecule has 1 aliphatic heterocycles. The topological polar surface area (TPSA) is 77.3 Å². The number of piperazine rings is 1. The Bertz CT molecular complexity index is 1670. The number of fused-ring (bicyclic) bond motifs is 4. The van der Waals surface area contributed by atoms with Gasteiger partial charge in [-0.1, -0.05) is 11.3 Å². The zero-order chi connectivity index (χ0) is 27.7. The van der Waals surface area contributed by atoms with Gasteiger partial charge in [-0.3, -0.25) is 4.79 Å². The third-order valence-corrected chi connectivity index (χ3v) is 7.79. The number of rotatable bonds is 4. The van der Waals surface area contributed by atoms with Crippen LogP contribution in [0.4, 0.5) is 10.1 Å². The van der Waals surface area contributed by atoms with Gasteiger partial charge in [-0.05, 0) is 45.9 Å². The molecule has 2 aromatic carbocycles. The van der Waals surface area contributed by atoms with Crippen molar-refractivity contribution in [2.24, 2.45) is 0 Å². The lowest BCUT2D eigenvalue weighted by molar-refractivity contribution is 0.127. The summed E-state index contributed by atoms with van der Waals surface area (Å²) in [7, 11) is 8.15. The summed E-state index contributed by atoms with van der Waals surface area (Å²) in [6.07, 6.45) is 0. The minimum absolute atomic E-state index is 0.0122. The molecule has 7 nitrogen and oxygen atoms in total. The fourth-order valence-corrected chi connectivity index (χ4v) is 6.72. The van der Waals surface area contributed by atoms with Crippen LogP contribution in [0.1, 0.15) is 39.3 Å². The summed E-state index contributed by atoms with van der Waals surface area (Å²) in [6, 6.07) is 9.29. The van der Waals surface area contributed by atoms with Gasteiger partial charge in [0, 0.05) is 42.1 Å². The van der Waals surface area contributed by atoms with Crippen molar-refractivity contribution in [3.8, 4) is 11.8 Å². The fraction of sp³-hybridized carbons (Fsp3) is 0.407.